The van der Waals surface area contributed by atoms with Gasteiger partial charge in [0, 0.05) is 19.0 Å². The number of aromatic nitrogens is 5. The Morgan fingerprint density at radius 3 is 2.62 bits per heavy atom. The monoisotopic (exact) mass is 529 g/mol. The molecule has 4 aromatic rings. The Morgan fingerprint density at radius 1 is 1.10 bits per heavy atom. The fourth-order valence-corrected chi connectivity index (χ4v) is 5.90. The van der Waals surface area contributed by atoms with E-state index >= 15 is 0 Å². The summed E-state index contributed by atoms with van der Waals surface area (Å²) in [7, 11) is 0. The molecule has 2 aliphatic rings. The average Bonchev–Trinajstić information content (AvgIpc) is 3.59. The minimum atomic E-state index is -1.000. The molecule has 3 atom stereocenters. The Labute approximate surface area is 225 Å². The van der Waals surface area contributed by atoms with Crippen LogP contribution in [0.2, 0.25) is 0 Å². The molecule has 2 saturated heterocycles. The first-order valence-corrected chi connectivity index (χ1v) is 13.4. The van der Waals surface area contributed by atoms with E-state index < -0.39 is 5.97 Å². The van der Waals surface area contributed by atoms with E-state index in [0.29, 0.717) is 48.9 Å². The van der Waals surface area contributed by atoms with E-state index in [1.165, 1.54) is 12.1 Å². The number of amides is 1. The molecule has 2 N–H and O–H groups in total. The van der Waals surface area contributed by atoms with Crippen LogP contribution >= 0.6 is 0 Å². The van der Waals surface area contributed by atoms with Crippen LogP contribution in [0.15, 0.2) is 52.9 Å². The first-order valence-electron chi connectivity index (χ1n) is 13.4. The molecule has 0 radical (unpaired) electrons. The molecule has 3 unspecified atom stereocenters. The SMILES string of the molecule is Cc1nnn(C(c2ccccc2)C2CCN(C(=O)C3CC(c4nc5cc(C(=O)O)ccc5o4)CCN3)CC2)n1. The number of benzene rings is 2. The number of hydrogen-bond acceptors (Lipinski definition) is 8. The minimum Gasteiger partial charge on any atom is -0.478 e. The number of aryl methyl sites for hydroxylation is 1. The van der Waals surface area contributed by atoms with Gasteiger partial charge in [-0.3, -0.25) is 4.79 Å². The van der Waals surface area contributed by atoms with Gasteiger partial charge in [-0.2, -0.15) is 4.80 Å². The fourth-order valence-electron chi connectivity index (χ4n) is 5.90. The minimum absolute atomic E-state index is 0.0116. The third-order valence-electron chi connectivity index (χ3n) is 7.92. The Hall–Kier alpha value is -4.12. The number of nitrogens with zero attached hydrogens (tertiary/aromatic N) is 6. The summed E-state index contributed by atoms with van der Waals surface area (Å²) < 4.78 is 5.97. The van der Waals surface area contributed by atoms with Crippen LogP contribution in [0.25, 0.3) is 11.1 Å². The summed E-state index contributed by atoms with van der Waals surface area (Å²) in [6.45, 7) is 3.86. The zero-order valence-corrected chi connectivity index (χ0v) is 21.7. The summed E-state index contributed by atoms with van der Waals surface area (Å²) in [6, 6.07) is 14.6. The number of carboxylic acids is 1. The number of piperidine rings is 2. The Morgan fingerprint density at radius 2 is 1.90 bits per heavy atom. The van der Waals surface area contributed by atoms with Crippen molar-refractivity contribution in [3.63, 3.8) is 0 Å². The van der Waals surface area contributed by atoms with Crippen LogP contribution in [-0.4, -0.2) is 72.8 Å². The van der Waals surface area contributed by atoms with E-state index in [4.69, 9.17) is 4.42 Å². The van der Waals surface area contributed by atoms with E-state index in [2.05, 4.69) is 37.8 Å². The number of likely N-dealkylation sites (tertiary alicyclic amines) is 1. The predicted octanol–water partition coefficient (Wildman–Crippen LogP) is 3.18. The summed E-state index contributed by atoms with van der Waals surface area (Å²) in [6.07, 6.45) is 3.08. The van der Waals surface area contributed by atoms with E-state index in [1.54, 1.807) is 10.9 Å². The van der Waals surface area contributed by atoms with Gasteiger partial charge >= 0.3 is 5.97 Å². The van der Waals surface area contributed by atoms with Crippen LogP contribution < -0.4 is 5.32 Å². The molecule has 2 fully saturated rings. The number of carboxylic acid groups (broad SMARTS) is 1. The molecule has 0 spiro atoms. The third-order valence-corrected chi connectivity index (χ3v) is 7.92. The van der Waals surface area contributed by atoms with Crippen molar-refractivity contribution in [1.82, 2.24) is 35.4 Å². The van der Waals surface area contributed by atoms with Gasteiger partial charge in [-0.15, -0.1) is 10.2 Å². The van der Waals surface area contributed by atoms with Crippen LogP contribution in [0, 0.1) is 12.8 Å². The molecule has 11 nitrogen and oxygen atoms in total. The Balaban J connectivity index is 1.12. The molecule has 0 bridgehead atoms. The van der Waals surface area contributed by atoms with E-state index in [0.717, 1.165) is 24.8 Å². The smallest absolute Gasteiger partial charge is 0.335 e. The van der Waals surface area contributed by atoms with Crippen LogP contribution in [0.1, 0.15) is 65.3 Å². The highest BCUT2D eigenvalue weighted by atomic mass is 16.4. The zero-order valence-electron chi connectivity index (χ0n) is 21.7. The second-order valence-corrected chi connectivity index (χ2v) is 10.4. The average molecular weight is 530 g/mol. The van der Waals surface area contributed by atoms with Gasteiger partial charge in [-0.25, -0.2) is 9.78 Å². The molecular weight excluding hydrogens is 498 g/mol. The van der Waals surface area contributed by atoms with Gasteiger partial charge in [-0.05, 0) is 74.0 Å². The lowest BCUT2D eigenvalue weighted by Crippen LogP contribution is -2.52. The topological polar surface area (TPSA) is 139 Å². The summed E-state index contributed by atoms with van der Waals surface area (Å²) in [5, 5.41) is 25.6. The normalized spacial score (nSPS) is 21.2. The highest BCUT2D eigenvalue weighted by Gasteiger charge is 2.36. The molecule has 0 aliphatic carbocycles. The molecule has 11 heteroatoms. The molecule has 2 aromatic carbocycles. The van der Waals surface area contributed by atoms with Crippen molar-refractivity contribution >= 4 is 23.0 Å². The van der Waals surface area contributed by atoms with Gasteiger partial charge in [-0.1, -0.05) is 30.3 Å². The molecule has 2 aliphatic heterocycles. The van der Waals surface area contributed by atoms with E-state index in [-0.39, 0.29) is 35.4 Å². The number of aromatic carboxylic acids is 1. The first-order chi connectivity index (χ1) is 19.0. The van der Waals surface area contributed by atoms with Crippen molar-refractivity contribution in [3.05, 3.63) is 71.4 Å². The summed E-state index contributed by atoms with van der Waals surface area (Å²) in [4.78, 5) is 33.1. The number of carbonyl (C=O) groups is 2. The third kappa shape index (κ3) is 5.14. The molecule has 1 amide bonds. The first kappa shape index (κ1) is 25.2. The summed E-state index contributed by atoms with van der Waals surface area (Å²) in [5.41, 5.74) is 2.40. The summed E-state index contributed by atoms with van der Waals surface area (Å²) >= 11 is 0. The fraction of sp³-hybridized carbons (Fsp3) is 0.429. The van der Waals surface area contributed by atoms with E-state index in [9.17, 15) is 14.7 Å². The Kier molecular flexibility index (Phi) is 6.82. The zero-order chi connectivity index (χ0) is 26.9. The standard InChI is InChI=1S/C28H31N7O4/c1-17-31-33-35(32-17)25(18-5-3-2-4-6-18)19-10-13-34(14-11-19)27(36)23-15-20(9-12-29-23)26-30-22-16-21(28(37)38)7-8-24(22)39-26/h2-8,16,19-20,23,25,29H,9-15H2,1H3,(H,37,38). The van der Waals surface area contributed by atoms with Crippen molar-refractivity contribution in [2.75, 3.05) is 19.6 Å². The number of fused-ring (bicyclic) bond motifs is 1. The molecule has 202 valence electrons. The number of nitrogens with one attached hydrogen (secondary N) is 1. The highest BCUT2D eigenvalue weighted by molar-refractivity contribution is 5.91. The summed E-state index contributed by atoms with van der Waals surface area (Å²) in [5.74, 6) is 0.582. The lowest BCUT2D eigenvalue weighted by Gasteiger charge is -2.38. The number of carbonyl (C=O) groups excluding carboxylic acids is 1. The molecular formula is C28H31N7O4. The van der Waals surface area contributed by atoms with Crippen LogP contribution in [0.5, 0.6) is 0 Å². The maximum Gasteiger partial charge on any atom is 0.335 e. The van der Waals surface area contributed by atoms with Crippen molar-refractivity contribution in [2.45, 2.75) is 50.6 Å². The Bertz CT molecular complexity index is 1480. The molecule has 39 heavy (non-hydrogen) atoms. The molecule has 4 heterocycles. The largest absolute Gasteiger partial charge is 0.478 e. The second-order valence-electron chi connectivity index (χ2n) is 10.4. The van der Waals surface area contributed by atoms with Crippen LogP contribution in [0.4, 0.5) is 0 Å². The van der Waals surface area contributed by atoms with Gasteiger partial charge in [0.2, 0.25) is 5.91 Å². The van der Waals surface area contributed by atoms with Gasteiger partial charge in [0.15, 0.2) is 17.3 Å². The van der Waals surface area contributed by atoms with Gasteiger partial charge in [0.25, 0.3) is 0 Å². The number of oxazole rings is 1. The maximum atomic E-state index is 13.5. The van der Waals surface area contributed by atoms with Crippen molar-refractivity contribution in [1.29, 1.82) is 0 Å². The molecule has 0 saturated carbocycles. The quantitative estimate of drug-likeness (QED) is 0.385. The maximum absolute atomic E-state index is 13.5. The number of hydrogen-bond donors (Lipinski definition) is 2. The van der Waals surface area contributed by atoms with Crippen molar-refractivity contribution in [2.24, 2.45) is 5.92 Å². The van der Waals surface area contributed by atoms with Crippen LogP contribution in [0.3, 0.4) is 0 Å². The second kappa shape index (κ2) is 10.6. The van der Waals surface area contributed by atoms with Gasteiger partial charge in [0.05, 0.1) is 11.6 Å². The van der Waals surface area contributed by atoms with Crippen LogP contribution in [-0.2, 0) is 4.79 Å². The van der Waals surface area contributed by atoms with E-state index in [1.807, 2.05) is 30.0 Å². The van der Waals surface area contributed by atoms with Crippen molar-refractivity contribution in [3.8, 4) is 0 Å². The van der Waals surface area contributed by atoms with Gasteiger partial charge < -0.3 is 19.7 Å². The lowest BCUT2D eigenvalue weighted by atomic mass is 9.85. The number of rotatable bonds is 6. The van der Waals surface area contributed by atoms with Crippen molar-refractivity contribution < 1.29 is 19.1 Å². The predicted molar refractivity (Wildman–Crippen MR) is 141 cm³/mol. The lowest BCUT2D eigenvalue weighted by molar-refractivity contribution is -0.135. The molecule has 2 aromatic heterocycles. The number of tetrazole rings is 1. The highest BCUT2D eigenvalue weighted by Crippen LogP contribution is 2.35. The molecule has 6 rings (SSSR count). The van der Waals surface area contributed by atoms with Gasteiger partial charge in [0.1, 0.15) is 11.6 Å².